The third-order valence-corrected chi connectivity index (χ3v) is 11.1. The third-order valence-electron chi connectivity index (χ3n) is 6.10. The standard InChI is InChI=1S/C27H30N2O4Si/c1-19(24-16-22-25(33-24)28-17-23(29-22)26(30)31-5)18-32-34(27(2,3)4,20-12-8-6-9-13-20)21-14-10-7-11-15-21/h6-17,19H,18H2,1-5H3. The highest BCUT2D eigenvalue weighted by molar-refractivity contribution is 6.99. The maximum Gasteiger partial charge on any atom is 0.358 e. The molecule has 0 aliphatic heterocycles. The van der Waals surface area contributed by atoms with E-state index in [4.69, 9.17) is 13.6 Å². The number of aromatic nitrogens is 2. The number of carbonyl (C=O) groups excluding carboxylic acids is 1. The monoisotopic (exact) mass is 474 g/mol. The van der Waals surface area contributed by atoms with E-state index in [-0.39, 0.29) is 16.7 Å². The van der Waals surface area contributed by atoms with Crippen molar-refractivity contribution in [2.45, 2.75) is 38.7 Å². The minimum Gasteiger partial charge on any atom is -0.464 e. The Labute approximate surface area is 201 Å². The Bertz CT molecular complexity index is 1230. The van der Waals surface area contributed by atoms with Crippen LogP contribution in [0.15, 0.2) is 77.3 Å². The SMILES string of the molecule is COC(=O)c1cnc2oc(C(C)CO[Si](c3ccccc3)(c3ccccc3)C(C)(C)C)cc2n1. The van der Waals surface area contributed by atoms with Gasteiger partial charge in [0.2, 0.25) is 5.71 Å². The van der Waals surface area contributed by atoms with Crippen molar-refractivity contribution in [3.8, 4) is 0 Å². The molecule has 0 saturated carbocycles. The van der Waals surface area contributed by atoms with Crippen LogP contribution in [0.2, 0.25) is 5.04 Å². The number of carbonyl (C=O) groups is 1. The summed E-state index contributed by atoms with van der Waals surface area (Å²) in [5, 5.41) is 2.36. The van der Waals surface area contributed by atoms with Crippen molar-refractivity contribution in [2.75, 3.05) is 13.7 Å². The van der Waals surface area contributed by atoms with Crippen LogP contribution in [0.25, 0.3) is 11.2 Å². The van der Waals surface area contributed by atoms with Crippen LogP contribution in [0, 0.1) is 0 Å². The minimum absolute atomic E-state index is 0.0424. The first-order valence-electron chi connectivity index (χ1n) is 11.4. The van der Waals surface area contributed by atoms with E-state index in [1.54, 1.807) is 0 Å². The van der Waals surface area contributed by atoms with Crippen LogP contribution >= 0.6 is 0 Å². The fourth-order valence-corrected chi connectivity index (χ4v) is 9.04. The first-order valence-corrected chi connectivity index (χ1v) is 13.3. The number of furan rings is 1. The van der Waals surface area contributed by atoms with E-state index in [0.717, 1.165) is 5.76 Å². The Balaban J connectivity index is 1.68. The first kappa shape index (κ1) is 23.9. The van der Waals surface area contributed by atoms with Gasteiger partial charge in [0.15, 0.2) is 5.69 Å². The van der Waals surface area contributed by atoms with Crippen molar-refractivity contribution in [2.24, 2.45) is 0 Å². The lowest BCUT2D eigenvalue weighted by Crippen LogP contribution is -2.66. The van der Waals surface area contributed by atoms with Crippen LogP contribution in [-0.2, 0) is 9.16 Å². The Kier molecular flexibility index (Phi) is 6.68. The van der Waals surface area contributed by atoms with Gasteiger partial charge in [0.05, 0.1) is 13.3 Å². The molecule has 0 spiro atoms. The lowest BCUT2D eigenvalue weighted by molar-refractivity contribution is 0.0594. The molecule has 6 nitrogen and oxygen atoms in total. The maximum atomic E-state index is 11.8. The molecule has 1 atom stereocenters. The smallest absolute Gasteiger partial charge is 0.358 e. The van der Waals surface area contributed by atoms with Crippen LogP contribution in [0.3, 0.4) is 0 Å². The summed E-state index contributed by atoms with van der Waals surface area (Å²) >= 11 is 0. The summed E-state index contributed by atoms with van der Waals surface area (Å²) in [5.74, 6) is 0.148. The molecule has 4 aromatic rings. The minimum atomic E-state index is -2.65. The van der Waals surface area contributed by atoms with Crippen LogP contribution in [0.5, 0.6) is 0 Å². The van der Waals surface area contributed by atoms with Crippen LogP contribution in [0.4, 0.5) is 0 Å². The number of ether oxygens (including phenoxy) is 1. The highest BCUT2D eigenvalue weighted by Gasteiger charge is 2.50. The Hall–Kier alpha value is -3.29. The normalized spacial score (nSPS) is 13.1. The zero-order valence-electron chi connectivity index (χ0n) is 20.2. The number of hydrogen-bond acceptors (Lipinski definition) is 6. The predicted molar refractivity (Wildman–Crippen MR) is 135 cm³/mol. The van der Waals surface area contributed by atoms with E-state index in [0.29, 0.717) is 17.8 Å². The number of rotatable bonds is 7. The average Bonchev–Trinajstić information content (AvgIpc) is 3.28. The number of esters is 1. The molecule has 0 N–H and O–H groups in total. The van der Waals surface area contributed by atoms with Gasteiger partial charge in [-0.25, -0.2) is 14.8 Å². The number of fused-ring (bicyclic) bond motifs is 1. The molecule has 0 aliphatic rings. The summed E-state index contributed by atoms with van der Waals surface area (Å²) in [4.78, 5) is 20.4. The van der Waals surface area contributed by atoms with Crippen LogP contribution < -0.4 is 10.4 Å². The molecule has 34 heavy (non-hydrogen) atoms. The lowest BCUT2D eigenvalue weighted by Gasteiger charge is -2.43. The van der Waals surface area contributed by atoms with Crippen molar-refractivity contribution >= 4 is 35.9 Å². The maximum absolute atomic E-state index is 11.8. The highest BCUT2D eigenvalue weighted by atomic mass is 28.4. The molecule has 2 aromatic heterocycles. The number of methoxy groups -OCH3 is 1. The Morgan fingerprint density at radius 1 is 1.03 bits per heavy atom. The van der Waals surface area contributed by atoms with E-state index >= 15 is 0 Å². The molecule has 0 fully saturated rings. The summed E-state index contributed by atoms with van der Waals surface area (Å²) in [7, 11) is -1.33. The molecule has 7 heteroatoms. The topological polar surface area (TPSA) is 74.5 Å². The van der Waals surface area contributed by atoms with Crippen molar-refractivity contribution < 1.29 is 18.4 Å². The molecule has 0 amide bonds. The van der Waals surface area contributed by atoms with Gasteiger partial charge in [-0.1, -0.05) is 88.4 Å². The van der Waals surface area contributed by atoms with Gasteiger partial charge in [0.25, 0.3) is 8.32 Å². The highest BCUT2D eigenvalue weighted by Crippen LogP contribution is 2.37. The van der Waals surface area contributed by atoms with E-state index < -0.39 is 14.3 Å². The van der Waals surface area contributed by atoms with Crippen molar-refractivity contribution in [3.63, 3.8) is 0 Å². The zero-order chi connectivity index (χ0) is 24.3. The molecular formula is C27H30N2O4Si. The Morgan fingerprint density at radius 3 is 2.15 bits per heavy atom. The molecule has 4 rings (SSSR count). The molecule has 0 radical (unpaired) electrons. The summed E-state index contributed by atoms with van der Waals surface area (Å²) in [6.07, 6.45) is 1.37. The second-order valence-corrected chi connectivity index (χ2v) is 13.8. The van der Waals surface area contributed by atoms with Crippen molar-refractivity contribution in [1.82, 2.24) is 9.97 Å². The lowest BCUT2D eigenvalue weighted by atomic mass is 10.1. The number of nitrogens with zero attached hydrogens (tertiary/aromatic N) is 2. The van der Waals surface area contributed by atoms with Crippen molar-refractivity contribution in [3.05, 3.63) is 84.4 Å². The number of hydrogen-bond donors (Lipinski definition) is 0. The molecule has 2 heterocycles. The predicted octanol–water partition coefficient (Wildman–Crippen LogP) is 4.69. The van der Waals surface area contributed by atoms with Gasteiger partial charge < -0.3 is 13.6 Å². The first-order chi connectivity index (χ1) is 16.3. The van der Waals surface area contributed by atoms with E-state index in [1.165, 1.54) is 23.7 Å². The van der Waals surface area contributed by atoms with Gasteiger partial charge in [-0.05, 0) is 15.4 Å². The quantitative estimate of drug-likeness (QED) is 0.286. The number of benzene rings is 2. The van der Waals surface area contributed by atoms with Crippen molar-refractivity contribution in [1.29, 1.82) is 0 Å². The van der Waals surface area contributed by atoms with E-state index in [1.807, 2.05) is 18.2 Å². The van der Waals surface area contributed by atoms with Crippen LogP contribution in [0.1, 0.15) is 49.9 Å². The van der Waals surface area contributed by atoms with E-state index in [9.17, 15) is 4.79 Å². The summed E-state index contributed by atoms with van der Waals surface area (Å²) < 4.78 is 17.7. The Morgan fingerprint density at radius 2 is 1.62 bits per heavy atom. The summed E-state index contributed by atoms with van der Waals surface area (Å²) in [6, 6.07) is 22.9. The molecule has 0 aliphatic carbocycles. The van der Waals surface area contributed by atoms with Gasteiger partial charge in [-0.3, -0.25) is 0 Å². The molecule has 0 bridgehead atoms. The van der Waals surface area contributed by atoms with Gasteiger partial charge in [-0.15, -0.1) is 0 Å². The fourth-order valence-electron chi connectivity index (χ4n) is 4.38. The largest absolute Gasteiger partial charge is 0.464 e. The second-order valence-electron chi connectivity index (χ2n) is 9.46. The molecule has 1 unspecified atom stereocenters. The molecule has 176 valence electrons. The average molecular weight is 475 g/mol. The second kappa shape index (κ2) is 9.52. The van der Waals surface area contributed by atoms with Gasteiger partial charge >= 0.3 is 5.97 Å². The summed E-state index contributed by atoms with van der Waals surface area (Å²) in [5.41, 5.74) is 1.06. The van der Waals surface area contributed by atoms with Gasteiger partial charge in [0, 0.05) is 18.6 Å². The van der Waals surface area contributed by atoms with Gasteiger partial charge in [0.1, 0.15) is 11.3 Å². The molecular weight excluding hydrogens is 444 g/mol. The third kappa shape index (κ3) is 4.41. The fraction of sp³-hybridized carbons (Fsp3) is 0.296. The molecule has 0 saturated heterocycles. The molecule has 2 aromatic carbocycles. The van der Waals surface area contributed by atoms with E-state index in [2.05, 4.69) is 86.2 Å². The zero-order valence-corrected chi connectivity index (χ0v) is 21.2. The van der Waals surface area contributed by atoms with Crippen LogP contribution in [-0.4, -0.2) is 38.0 Å². The summed E-state index contributed by atoms with van der Waals surface area (Å²) in [6.45, 7) is 9.31. The van der Waals surface area contributed by atoms with Gasteiger partial charge in [-0.2, -0.15) is 0 Å².